The van der Waals surface area contributed by atoms with Gasteiger partial charge in [0.2, 0.25) is 0 Å². The van der Waals surface area contributed by atoms with Crippen molar-refractivity contribution in [2.24, 2.45) is 17.3 Å². The molecule has 4 aromatic rings. The molecule has 6 rings (SSSR count). The molecule has 2 aliphatic rings. The number of carbonyl (C=O) groups is 1. The van der Waals surface area contributed by atoms with Crippen molar-refractivity contribution in [2.45, 2.75) is 97.8 Å². The molecule has 2 aliphatic carbocycles. The Morgan fingerprint density at radius 3 is 2.47 bits per heavy atom. The maximum Gasteiger partial charge on any atom is 0.156 e. The van der Waals surface area contributed by atoms with Gasteiger partial charge in [-0.25, -0.2) is 9.37 Å². The number of rotatable bonds is 5. The molecule has 0 aliphatic heterocycles. The number of aromatic nitrogens is 3. The van der Waals surface area contributed by atoms with Gasteiger partial charge in [0.25, 0.3) is 0 Å². The van der Waals surface area contributed by atoms with Crippen LogP contribution in [0.5, 0.6) is 0 Å². The number of aromatic amines is 1. The van der Waals surface area contributed by atoms with Gasteiger partial charge in [-0.15, -0.1) is 0 Å². The van der Waals surface area contributed by atoms with E-state index in [2.05, 4.69) is 63.9 Å². The van der Waals surface area contributed by atoms with Crippen LogP contribution in [0.3, 0.4) is 0 Å². The quantitative estimate of drug-likeness (QED) is 0.255. The summed E-state index contributed by atoms with van der Waals surface area (Å²) in [6.07, 6.45) is 10.5. The van der Waals surface area contributed by atoms with Crippen molar-refractivity contribution in [3.63, 3.8) is 0 Å². The number of fused-ring (bicyclic) bond motifs is 1. The smallest absolute Gasteiger partial charge is 0.156 e. The minimum absolute atomic E-state index is 0.176. The van der Waals surface area contributed by atoms with Crippen LogP contribution in [-0.4, -0.2) is 21.0 Å². The normalized spacial score (nSPS) is 22.7. The number of ketones is 1. The summed E-state index contributed by atoms with van der Waals surface area (Å²) in [6.45, 7) is 13.2. The summed E-state index contributed by atoms with van der Waals surface area (Å²) >= 11 is 0. The first kappa shape index (κ1) is 29.5. The Labute approximate surface area is 254 Å². The monoisotopic (exact) mass is 581 g/mol. The second-order valence-electron chi connectivity index (χ2n) is 14.5. The fourth-order valence-electron chi connectivity index (χ4n) is 7.13. The van der Waals surface area contributed by atoms with Gasteiger partial charge < -0.3 is 4.42 Å². The van der Waals surface area contributed by atoms with Crippen molar-refractivity contribution in [1.29, 1.82) is 0 Å². The van der Waals surface area contributed by atoms with E-state index >= 15 is 0 Å². The fourth-order valence-corrected chi connectivity index (χ4v) is 7.13. The molecule has 0 bridgehead atoms. The minimum atomic E-state index is -0.442. The van der Waals surface area contributed by atoms with Crippen LogP contribution in [0.25, 0.3) is 27.9 Å². The van der Waals surface area contributed by atoms with E-state index in [9.17, 15) is 9.18 Å². The molecule has 226 valence electrons. The van der Waals surface area contributed by atoms with Gasteiger partial charge in [-0.05, 0) is 103 Å². The maximum absolute atomic E-state index is 13.8. The molecule has 6 heteroatoms. The van der Waals surface area contributed by atoms with E-state index in [0.717, 1.165) is 72.2 Å². The molecule has 2 saturated carbocycles. The Morgan fingerprint density at radius 1 is 1.07 bits per heavy atom. The first-order chi connectivity index (χ1) is 20.4. The number of allylic oxidation sites excluding steroid dienone is 2. The lowest BCUT2D eigenvalue weighted by Gasteiger charge is -2.37. The summed E-state index contributed by atoms with van der Waals surface area (Å²) in [4.78, 5) is 18.8. The van der Waals surface area contributed by atoms with Gasteiger partial charge >= 0.3 is 0 Å². The number of pyridine rings is 1. The molecule has 3 unspecified atom stereocenters. The van der Waals surface area contributed by atoms with Gasteiger partial charge in [0.1, 0.15) is 22.9 Å². The summed E-state index contributed by atoms with van der Waals surface area (Å²) in [5, 5.41) is 7.13. The summed E-state index contributed by atoms with van der Waals surface area (Å²) in [5.74, 6) is 1.90. The van der Waals surface area contributed by atoms with Gasteiger partial charge in [-0.2, -0.15) is 5.10 Å². The van der Waals surface area contributed by atoms with Crippen molar-refractivity contribution in [3.05, 3.63) is 77.1 Å². The highest BCUT2D eigenvalue weighted by Crippen LogP contribution is 2.49. The molecule has 3 atom stereocenters. The molecule has 1 aromatic carbocycles. The number of halogens is 1. The number of carbonyl (C=O) groups excluding carboxylic acids is 1. The number of furan rings is 1. The van der Waals surface area contributed by atoms with Crippen molar-refractivity contribution >= 4 is 22.5 Å². The SMILES string of the molecule is CC1CCC(c2cn[nH]c2)CCC(=O)C(C)(C)C1CC(=C1CC1)c1cc2nc(-c3ccc(F)cc3)cc(C(C)(C)C)c2o1. The van der Waals surface area contributed by atoms with E-state index in [1.165, 1.54) is 28.8 Å². The Morgan fingerprint density at radius 2 is 1.81 bits per heavy atom. The number of H-pyrrole nitrogens is 1. The van der Waals surface area contributed by atoms with Crippen LogP contribution in [0.4, 0.5) is 4.39 Å². The van der Waals surface area contributed by atoms with E-state index in [-0.39, 0.29) is 17.2 Å². The van der Waals surface area contributed by atoms with Gasteiger partial charge in [0.05, 0.1) is 11.9 Å². The molecular formula is C37H44FN3O2. The molecule has 2 fully saturated rings. The third-order valence-corrected chi connectivity index (χ3v) is 10.1. The van der Waals surface area contributed by atoms with Crippen molar-refractivity contribution in [1.82, 2.24) is 15.2 Å². The molecule has 0 amide bonds. The average Bonchev–Trinajstić information content (AvgIpc) is 3.45. The first-order valence-electron chi connectivity index (χ1n) is 15.9. The lowest BCUT2D eigenvalue weighted by atomic mass is 9.66. The zero-order valence-electron chi connectivity index (χ0n) is 26.4. The number of hydrogen-bond acceptors (Lipinski definition) is 4. The van der Waals surface area contributed by atoms with Gasteiger partial charge in [0.15, 0.2) is 5.58 Å². The van der Waals surface area contributed by atoms with Crippen LogP contribution in [0.1, 0.15) is 109 Å². The summed E-state index contributed by atoms with van der Waals surface area (Å²) in [7, 11) is 0. The van der Waals surface area contributed by atoms with Crippen molar-refractivity contribution in [2.75, 3.05) is 0 Å². The molecule has 3 aromatic heterocycles. The predicted molar refractivity (Wildman–Crippen MR) is 170 cm³/mol. The molecule has 3 heterocycles. The molecule has 43 heavy (non-hydrogen) atoms. The number of hydrogen-bond donors (Lipinski definition) is 1. The third kappa shape index (κ3) is 5.98. The van der Waals surface area contributed by atoms with Crippen LogP contribution in [0.15, 0.2) is 58.8 Å². The van der Waals surface area contributed by atoms with Crippen LogP contribution in [0, 0.1) is 23.1 Å². The van der Waals surface area contributed by atoms with E-state index in [1.807, 2.05) is 12.4 Å². The van der Waals surface area contributed by atoms with E-state index in [1.54, 1.807) is 12.1 Å². The highest BCUT2D eigenvalue weighted by Gasteiger charge is 2.42. The molecule has 5 nitrogen and oxygen atoms in total. The van der Waals surface area contributed by atoms with Crippen molar-refractivity contribution in [3.8, 4) is 11.3 Å². The zero-order valence-corrected chi connectivity index (χ0v) is 26.4. The number of benzene rings is 1. The third-order valence-electron chi connectivity index (χ3n) is 10.1. The highest BCUT2D eigenvalue weighted by atomic mass is 19.1. The fraction of sp³-hybridized carbons (Fsp3) is 0.486. The lowest BCUT2D eigenvalue weighted by molar-refractivity contribution is -0.130. The van der Waals surface area contributed by atoms with Crippen LogP contribution in [-0.2, 0) is 10.2 Å². The average molecular weight is 582 g/mol. The summed E-state index contributed by atoms with van der Waals surface area (Å²) in [6, 6.07) is 10.7. The maximum atomic E-state index is 13.8. The second kappa shape index (κ2) is 11.2. The number of Topliss-reactive ketones (excluding diaryl/α,β-unsaturated/α-hetero) is 1. The summed E-state index contributed by atoms with van der Waals surface area (Å²) < 4.78 is 20.4. The number of nitrogens with one attached hydrogen (secondary N) is 1. The minimum Gasteiger partial charge on any atom is -0.454 e. The van der Waals surface area contributed by atoms with E-state index in [0.29, 0.717) is 24.0 Å². The molecule has 0 saturated heterocycles. The topological polar surface area (TPSA) is 71.8 Å². The van der Waals surface area contributed by atoms with Crippen molar-refractivity contribution < 1.29 is 13.6 Å². The Hall–Kier alpha value is -3.54. The van der Waals surface area contributed by atoms with Crippen LogP contribution in [0.2, 0.25) is 0 Å². The standard InChI is InChI=1S/C37H44FN3O2/c1-22-7-8-23(26-20-39-40-21-26)13-16-34(42)37(5,6)29(22)17-28(24-9-10-24)33-19-32-35(43-33)30(36(2,3)4)18-31(41-32)25-11-14-27(38)15-12-25/h11-12,14-15,18-23,29H,7-10,13,16-17H2,1-6H3,(H,39,40). The summed E-state index contributed by atoms with van der Waals surface area (Å²) in [5.41, 5.74) is 7.69. The molecule has 0 spiro atoms. The lowest BCUT2D eigenvalue weighted by Crippen LogP contribution is -2.36. The Bertz CT molecular complexity index is 1650. The highest BCUT2D eigenvalue weighted by molar-refractivity contribution is 5.87. The van der Waals surface area contributed by atoms with Gasteiger partial charge in [-0.1, -0.05) is 47.1 Å². The van der Waals surface area contributed by atoms with Crippen LogP contribution >= 0.6 is 0 Å². The predicted octanol–water partition coefficient (Wildman–Crippen LogP) is 9.80. The molecule has 1 N–H and O–H groups in total. The van der Waals surface area contributed by atoms with E-state index < -0.39 is 5.41 Å². The van der Waals surface area contributed by atoms with Gasteiger partial charge in [0, 0.05) is 35.2 Å². The number of nitrogens with zero attached hydrogens (tertiary/aromatic N) is 2. The Balaban J connectivity index is 1.37. The van der Waals surface area contributed by atoms with Gasteiger partial charge in [-0.3, -0.25) is 9.89 Å². The zero-order chi connectivity index (χ0) is 30.5. The van der Waals surface area contributed by atoms with E-state index in [4.69, 9.17) is 9.40 Å². The molecule has 0 radical (unpaired) electrons. The largest absolute Gasteiger partial charge is 0.454 e. The Kier molecular flexibility index (Phi) is 7.68. The first-order valence-corrected chi connectivity index (χ1v) is 15.9. The molecular weight excluding hydrogens is 537 g/mol. The second-order valence-corrected chi connectivity index (χ2v) is 14.5. The van der Waals surface area contributed by atoms with Crippen LogP contribution < -0.4 is 0 Å².